The Morgan fingerprint density at radius 3 is 2.60 bits per heavy atom. The Labute approximate surface area is 131 Å². The van der Waals surface area contributed by atoms with Gasteiger partial charge < -0.3 is 5.32 Å². The van der Waals surface area contributed by atoms with Gasteiger partial charge in [0.2, 0.25) is 5.91 Å². The van der Waals surface area contributed by atoms with Crippen LogP contribution in [0.1, 0.15) is 11.1 Å². The summed E-state index contributed by atoms with van der Waals surface area (Å²) < 4.78 is 0.897. The van der Waals surface area contributed by atoms with E-state index < -0.39 is 0 Å². The van der Waals surface area contributed by atoms with Crippen molar-refractivity contribution in [1.82, 2.24) is 0 Å². The molecule has 2 aromatic rings. The Morgan fingerprint density at radius 1 is 1.20 bits per heavy atom. The van der Waals surface area contributed by atoms with Crippen LogP contribution in [0.2, 0.25) is 5.02 Å². The number of amides is 1. The number of benzene rings is 2. The van der Waals surface area contributed by atoms with Gasteiger partial charge >= 0.3 is 0 Å². The van der Waals surface area contributed by atoms with E-state index in [4.69, 9.17) is 11.6 Å². The lowest BCUT2D eigenvalue weighted by Crippen LogP contribution is -2.08. The van der Waals surface area contributed by atoms with Crippen LogP contribution < -0.4 is 5.32 Å². The van der Waals surface area contributed by atoms with Crippen LogP contribution in [0, 0.1) is 6.92 Å². The Kier molecular flexibility index (Phi) is 4.99. The number of nitrogens with one attached hydrogen (secondary N) is 1. The van der Waals surface area contributed by atoms with E-state index >= 15 is 0 Å². The van der Waals surface area contributed by atoms with Gasteiger partial charge in [-0.3, -0.25) is 4.79 Å². The summed E-state index contributed by atoms with van der Waals surface area (Å²) >= 11 is 9.26. The molecule has 0 aromatic heterocycles. The standard InChI is InChI=1S/C16H13BrClNO/c1-11-3-2-4-14(16(11)17)19-15(20)10-7-12-5-8-13(18)9-6-12/h2-10H,1H3,(H,19,20)/b10-7+. The van der Waals surface area contributed by atoms with Gasteiger partial charge in [0, 0.05) is 15.6 Å². The molecule has 2 aromatic carbocycles. The summed E-state index contributed by atoms with van der Waals surface area (Å²) in [6.07, 6.45) is 3.24. The van der Waals surface area contributed by atoms with Gasteiger partial charge in [-0.05, 0) is 58.3 Å². The van der Waals surface area contributed by atoms with Gasteiger partial charge in [0.25, 0.3) is 0 Å². The summed E-state index contributed by atoms with van der Waals surface area (Å²) in [7, 11) is 0. The lowest BCUT2D eigenvalue weighted by Gasteiger charge is -2.07. The molecule has 0 radical (unpaired) electrons. The van der Waals surface area contributed by atoms with Gasteiger partial charge in [-0.25, -0.2) is 0 Å². The molecule has 0 saturated carbocycles. The zero-order valence-electron chi connectivity index (χ0n) is 10.9. The van der Waals surface area contributed by atoms with Crippen LogP contribution in [-0.4, -0.2) is 5.91 Å². The quantitative estimate of drug-likeness (QED) is 0.770. The van der Waals surface area contributed by atoms with E-state index in [1.165, 1.54) is 6.08 Å². The second-order valence-electron chi connectivity index (χ2n) is 4.31. The van der Waals surface area contributed by atoms with E-state index in [0.717, 1.165) is 21.3 Å². The third kappa shape index (κ3) is 3.95. The molecule has 0 aliphatic carbocycles. The molecule has 0 aliphatic rings. The predicted octanol–water partition coefficient (Wildman–Crippen LogP) is 5.06. The molecule has 0 fully saturated rings. The molecule has 1 amide bonds. The van der Waals surface area contributed by atoms with Crippen molar-refractivity contribution >= 4 is 45.2 Å². The molecule has 0 atom stereocenters. The van der Waals surface area contributed by atoms with E-state index in [0.29, 0.717) is 5.02 Å². The number of halogens is 2. The number of hydrogen-bond donors (Lipinski definition) is 1. The number of rotatable bonds is 3. The average Bonchev–Trinajstić information content (AvgIpc) is 2.43. The van der Waals surface area contributed by atoms with E-state index in [2.05, 4.69) is 21.2 Å². The number of anilines is 1. The van der Waals surface area contributed by atoms with Gasteiger partial charge in [0.05, 0.1) is 5.69 Å². The fraction of sp³-hybridized carbons (Fsp3) is 0.0625. The molecule has 0 bridgehead atoms. The first-order valence-corrected chi connectivity index (χ1v) is 7.23. The molecule has 2 rings (SSSR count). The van der Waals surface area contributed by atoms with Crippen molar-refractivity contribution in [3.05, 3.63) is 69.2 Å². The second-order valence-corrected chi connectivity index (χ2v) is 5.54. The highest BCUT2D eigenvalue weighted by atomic mass is 79.9. The van der Waals surface area contributed by atoms with Crippen LogP contribution >= 0.6 is 27.5 Å². The monoisotopic (exact) mass is 349 g/mol. The molecule has 0 heterocycles. The molecule has 4 heteroatoms. The summed E-state index contributed by atoms with van der Waals surface area (Å²) in [4.78, 5) is 11.9. The molecule has 2 nitrogen and oxygen atoms in total. The van der Waals surface area contributed by atoms with Crippen molar-refractivity contribution < 1.29 is 4.79 Å². The molecule has 0 saturated heterocycles. The normalized spacial score (nSPS) is 10.8. The molecule has 102 valence electrons. The van der Waals surface area contributed by atoms with Crippen LogP contribution in [0.4, 0.5) is 5.69 Å². The highest BCUT2D eigenvalue weighted by molar-refractivity contribution is 9.10. The Bertz CT molecular complexity index is 650. The Hall–Kier alpha value is -1.58. The number of hydrogen-bond acceptors (Lipinski definition) is 1. The number of carbonyl (C=O) groups excluding carboxylic acids is 1. The SMILES string of the molecule is Cc1cccc(NC(=O)/C=C/c2ccc(Cl)cc2)c1Br. The summed E-state index contributed by atoms with van der Waals surface area (Å²) in [6.45, 7) is 1.98. The van der Waals surface area contributed by atoms with Gasteiger partial charge in [0.15, 0.2) is 0 Å². The Morgan fingerprint density at radius 2 is 1.90 bits per heavy atom. The molecule has 20 heavy (non-hydrogen) atoms. The predicted molar refractivity (Wildman–Crippen MR) is 88.0 cm³/mol. The Balaban J connectivity index is 2.05. The summed E-state index contributed by atoms with van der Waals surface area (Å²) in [5, 5.41) is 3.51. The maximum atomic E-state index is 11.9. The zero-order valence-corrected chi connectivity index (χ0v) is 13.2. The van der Waals surface area contributed by atoms with Crippen molar-refractivity contribution in [2.75, 3.05) is 5.32 Å². The fourth-order valence-electron chi connectivity index (χ4n) is 1.66. The van der Waals surface area contributed by atoms with Crippen LogP contribution in [0.3, 0.4) is 0 Å². The molecule has 0 aliphatic heterocycles. The molecule has 0 spiro atoms. The first-order chi connectivity index (χ1) is 9.56. The van der Waals surface area contributed by atoms with Crippen LogP contribution in [-0.2, 0) is 4.79 Å². The zero-order chi connectivity index (χ0) is 14.5. The summed E-state index contributed by atoms with van der Waals surface area (Å²) in [5.41, 5.74) is 2.76. The number of carbonyl (C=O) groups is 1. The van der Waals surface area contributed by atoms with Gasteiger partial charge in [-0.15, -0.1) is 0 Å². The smallest absolute Gasteiger partial charge is 0.248 e. The molecule has 1 N–H and O–H groups in total. The minimum atomic E-state index is -0.175. The van der Waals surface area contributed by atoms with Gasteiger partial charge in [-0.1, -0.05) is 35.9 Å². The minimum absolute atomic E-state index is 0.175. The van der Waals surface area contributed by atoms with E-state index in [1.807, 2.05) is 37.3 Å². The second kappa shape index (κ2) is 6.73. The highest BCUT2D eigenvalue weighted by Crippen LogP contribution is 2.25. The van der Waals surface area contributed by atoms with E-state index in [9.17, 15) is 4.79 Å². The minimum Gasteiger partial charge on any atom is -0.321 e. The third-order valence-electron chi connectivity index (χ3n) is 2.75. The van der Waals surface area contributed by atoms with Gasteiger partial charge in [-0.2, -0.15) is 0 Å². The van der Waals surface area contributed by atoms with Crippen molar-refractivity contribution in [1.29, 1.82) is 0 Å². The average molecular weight is 351 g/mol. The van der Waals surface area contributed by atoms with Crippen LogP contribution in [0.5, 0.6) is 0 Å². The first-order valence-electron chi connectivity index (χ1n) is 6.06. The molecular formula is C16H13BrClNO. The van der Waals surface area contributed by atoms with E-state index in [1.54, 1.807) is 18.2 Å². The van der Waals surface area contributed by atoms with Crippen molar-refractivity contribution in [3.8, 4) is 0 Å². The maximum absolute atomic E-state index is 11.9. The fourth-order valence-corrected chi connectivity index (χ4v) is 2.15. The number of aryl methyl sites for hydroxylation is 1. The molecular weight excluding hydrogens is 338 g/mol. The van der Waals surface area contributed by atoms with Crippen LogP contribution in [0.15, 0.2) is 53.0 Å². The lowest BCUT2D eigenvalue weighted by molar-refractivity contribution is -0.111. The highest BCUT2D eigenvalue weighted by Gasteiger charge is 2.04. The van der Waals surface area contributed by atoms with Gasteiger partial charge in [0.1, 0.15) is 0 Å². The summed E-state index contributed by atoms with van der Waals surface area (Å²) in [6, 6.07) is 13.0. The van der Waals surface area contributed by atoms with E-state index in [-0.39, 0.29) is 5.91 Å². The first kappa shape index (κ1) is 14.8. The summed E-state index contributed by atoms with van der Waals surface area (Å²) in [5.74, 6) is -0.175. The van der Waals surface area contributed by atoms with Crippen molar-refractivity contribution in [2.24, 2.45) is 0 Å². The topological polar surface area (TPSA) is 29.1 Å². The third-order valence-corrected chi connectivity index (χ3v) is 4.05. The lowest BCUT2D eigenvalue weighted by atomic mass is 10.2. The largest absolute Gasteiger partial charge is 0.321 e. The van der Waals surface area contributed by atoms with Crippen molar-refractivity contribution in [2.45, 2.75) is 6.92 Å². The molecule has 0 unspecified atom stereocenters. The van der Waals surface area contributed by atoms with Crippen LogP contribution in [0.25, 0.3) is 6.08 Å². The van der Waals surface area contributed by atoms with Crippen molar-refractivity contribution in [3.63, 3.8) is 0 Å². The maximum Gasteiger partial charge on any atom is 0.248 e.